The molecule has 0 saturated carbocycles. The summed E-state index contributed by atoms with van der Waals surface area (Å²) in [4.78, 5) is 14.2. The summed E-state index contributed by atoms with van der Waals surface area (Å²) < 4.78 is 7.23. The first-order chi connectivity index (χ1) is 9.83. The molecule has 0 aliphatic carbocycles. The van der Waals surface area contributed by atoms with Crippen LogP contribution in [0.1, 0.15) is 31.1 Å². The van der Waals surface area contributed by atoms with Gasteiger partial charge in [-0.05, 0) is 31.0 Å². The highest BCUT2D eigenvalue weighted by atomic mass is 16.3. The van der Waals surface area contributed by atoms with E-state index in [1.165, 1.54) is 0 Å². The summed E-state index contributed by atoms with van der Waals surface area (Å²) in [5.74, 6) is 1.08. The fourth-order valence-electron chi connectivity index (χ4n) is 2.74. The van der Waals surface area contributed by atoms with Crippen molar-refractivity contribution in [2.24, 2.45) is 0 Å². The summed E-state index contributed by atoms with van der Waals surface area (Å²) in [5.41, 5.74) is 0. The molecule has 0 spiro atoms. The molecule has 5 heteroatoms. The summed E-state index contributed by atoms with van der Waals surface area (Å²) in [5, 5.41) is 4.28. The lowest BCUT2D eigenvalue weighted by Crippen LogP contribution is -2.40. The van der Waals surface area contributed by atoms with Crippen LogP contribution in [0.3, 0.4) is 0 Å². The van der Waals surface area contributed by atoms with Crippen LogP contribution in [0.25, 0.3) is 0 Å². The molecule has 1 saturated heterocycles. The zero-order valence-corrected chi connectivity index (χ0v) is 11.4. The molecule has 3 heterocycles. The van der Waals surface area contributed by atoms with E-state index in [4.69, 9.17) is 4.42 Å². The summed E-state index contributed by atoms with van der Waals surface area (Å²) in [6, 6.07) is 6.01. The van der Waals surface area contributed by atoms with Crippen molar-refractivity contribution in [3.8, 4) is 0 Å². The first-order valence-electron chi connectivity index (χ1n) is 7.12. The van der Waals surface area contributed by atoms with E-state index in [-0.39, 0.29) is 5.91 Å². The number of piperidine rings is 1. The summed E-state index contributed by atoms with van der Waals surface area (Å²) in [6.07, 6.45) is 8.72. The van der Waals surface area contributed by atoms with Crippen LogP contribution >= 0.6 is 0 Å². The molecule has 1 amide bonds. The Bertz CT molecular complexity index is 533. The van der Waals surface area contributed by atoms with E-state index >= 15 is 0 Å². The number of furan rings is 1. The molecule has 1 aliphatic heterocycles. The van der Waals surface area contributed by atoms with Gasteiger partial charge in [0, 0.05) is 38.3 Å². The van der Waals surface area contributed by atoms with E-state index in [2.05, 4.69) is 5.10 Å². The molecule has 0 N–H and O–H groups in total. The predicted octanol–water partition coefficient (Wildman–Crippen LogP) is 2.27. The number of nitrogens with zero attached hydrogens (tertiary/aromatic N) is 3. The van der Waals surface area contributed by atoms with Gasteiger partial charge in [-0.25, -0.2) is 0 Å². The molecule has 1 fully saturated rings. The fraction of sp³-hybridized carbons (Fsp3) is 0.467. The number of aryl methyl sites for hydroxylation is 1. The van der Waals surface area contributed by atoms with E-state index in [1.807, 2.05) is 34.0 Å². The third-order valence-corrected chi connectivity index (χ3v) is 3.81. The number of hydrogen-bond acceptors (Lipinski definition) is 3. The summed E-state index contributed by atoms with van der Waals surface area (Å²) >= 11 is 0. The van der Waals surface area contributed by atoms with Crippen LogP contribution in [-0.2, 0) is 11.2 Å². The van der Waals surface area contributed by atoms with Crippen molar-refractivity contribution in [3.05, 3.63) is 42.6 Å². The second-order valence-electron chi connectivity index (χ2n) is 5.20. The van der Waals surface area contributed by atoms with Gasteiger partial charge in [-0.3, -0.25) is 9.48 Å². The molecule has 0 radical (unpaired) electrons. The number of hydrogen-bond donors (Lipinski definition) is 0. The monoisotopic (exact) mass is 273 g/mol. The van der Waals surface area contributed by atoms with E-state index in [1.54, 1.807) is 12.5 Å². The lowest BCUT2D eigenvalue weighted by Gasteiger charge is -2.33. The number of rotatable bonds is 4. The topological polar surface area (TPSA) is 51.3 Å². The van der Waals surface area contributed by atoms with Crippen molar-refractivity contribution in [3.63, 3.8) is 0 Å². The number of aromatic nitrogens is 2. The van der Waals surface area contributed by atoms with Gasteiger partial charge in [0.05, 0.1) is 12.3 Å². The molecule has 1 atom stereocenters. The third-order valence-electron chi connectivity index (χ3n) is 3.81. The molecule has 1 aliphatic rings. The molecule has 3 rings (SSSR count). The standard InChI is InChI=1S/C15H19N3O2/c19-15(7-6-14-5-2-11-20-14)17-9-1-4-13(12-17)18-10-3-8-16-18/h2-3,5,8,10-11,13H,1,4,6-7,9,12H2/t13-/m1/s1. The quantitative estimate of drug-likeness (QED) is 0.858. The molecule has 106 valence electrons. The van der Waals surface area contributed by atoms with Crippen molar-refractivity contribution in [1.82, 2.24) is 14.7 Å². The van der Waals surface area contributed by atoms with E-state index in [9.17, 15) is 4.79 Å². The van der Waals surface area contributed by atoms with Gasteiger partial charge in [0.2, 0.25) is 5.91 Å². The Kier molecular flexibility index (Phi) is 3.85. The van der Waals surface area contributed by atoms with Crippen molar-refractivity contribution in [2.45, 2.75) is 31.7 Å². The Morgan fingerprint density at radius 1 is 1.45 bits per heavy atom. The maximum Gasteiger partial charge on any atom is 0.223 e. The molecular weight excluding hydrogens is 254 g/mol. The smallest absolute Gasteiger partial charge is 0.223 e. The summed E-state index contributed by atoms with van der Waals surface area (Å²) in [7, 11) is 0. The summed E-state index contributed by atoms with van der Waals surface area (Å²) in [6.45, 7) is 1.62. The molecule has 5 nitrogen and oxygen atoms in total. The minimum absolute atomic E-state index is 0.207. The van der Waals surface area contributed by atoms with Crippen molar-refractivity contribution < 1.29 is 9.21 Å². The Balaban J connectivity index is 1.55. The van der Waals surface area contributed by atoms with Gasteiger partial charge >= 0.3 is 0 Å². The second kappa shape index (κ2) is 5.94. The van der Waals surface area contributed by atoms with Gasteiger partial charge in [-0.2, -0.15) is 5.10 Å². The van der Waals surface area contributed by atoms with Crippen LogP contribution in [-0.4, -0.2) is 33.7 Å². The van der Waals surface area contributed by atoms with E-state index in [0.29, 0.717) is 18.9 Å². The number of carbonyl (C=O) groups excluding carboxylic acids is 1. The largest absolute Gasteiger partial charge is 0.469 e. The SMILES string of the molecule is O=C(CCc1ccco1)N1CCC[C@@H](n2cccn2)C1. The third kappa shape index (κ3) is 2.92. The van der Waals surface area contributed by atoms with Gasteiger partial charge in [0.1, 0.15) is 5.76 Å². The van der Waals surface area contributed by atoms with Gasteiger partial charge in [-0.15, -0.1) is 0 Å². The average Bonchev–Trinajstić information content (AvgIpc) is 3.18. The molecule has 2 aromatic heterocycles. The van der Waals surface area contributed by atoms with E-state index < -0.39 is 0 Å². The van der Waals surface area contributed by atoms with Crippen LogP contribution in [0.4, 0.5) is 0 Å². The first kappa shape index (κ1) is 13.0. The van der Waals surface area contributed by atoms with Crippen molar-refractivity contribution in [2.75, 3.05) is 13.1 Å². The predicted molar refractivity (Wildman–Crippen MR) is 74.1 cm³/mol. The minimum atomic E-state index is 0.207. The molecule has 20 heavy (non-hydrogen) atoms. The highest BCUT2D eigenvalue weighted by molar-refractivity contribution is 5.76. The molecule has 2 aromatic rings. The second-order valence-corrected chi connectivity index (χ2v) is 5.20. The van der Waals surface area contributed by atoms with Crippen molar-refractivity contribution in [1.29, 1.82) is 0 Å². The maximum atomic E-state index is 12.3. The van der Waals surface area contributed by atoms with Crippen LogP contribution in [0, 0.1) is 0 Å². The minimum Gasteiger partial charge on any atom is -0.469 e. The highest BCUT2D eigenvalue weighted by Crippen LogP contribution is 2.21. The van der Waals surface area contributed by atoms with Crippen LogP contribution in [0.5, 0.6) is 0 Å². The number of likely N-dealkylation sites (tertiary alicyclic amines) is 1. The molecule has 0 unspecified atom stereocenters. The lowest BCUT2D eigenvalue weighted by molar-refractivity contribution is -0.132. The molecule has 0 bridgehead atoms. The molecular formula is C15H19N3O2. The zero-order chi connectivity index (χ0) is 13.8. The fourth-order valence-corrected chi connectivity index (χ4v) is 2.74. The van der Waals surface area contributed by atoms with Crippen LogP contribution in [0.2, 0.25) is 0 Å². The Labute approximate surface area is 118 Å². The average molecular weight is 273 g/mol. The molecule has 0 aromatic carbocycles. The van der Waals surface area contributed by atoms with E-state index in [0.717, 1.165) is 31.7 Å². The Morgan fingerprint density at radius 2 is 2.40 bits per heavy atom. The zero-order valence-electron chi connectivity index (χ0n) is 11.4. The van der Waals surface area contributed by atoms with Crippen LogP contribution in [0.15, 0.2) is 41.3 Å². The van der Waals surface area contributed by atoms with Crippen LogP contribution < -0.4 is 0 Å². The Morgan fingerprint density at radius 3 is 3.15 bits per heavy atom. The number of carbonyl (C=O) groups is 1. The van der Waals surface area contributed by atoms with Gasteiger partial charge in [0.15, 0.2) is 0 Å². The highest BCUT2D eigenvalue weighted by Gasteiger charge is 2.24. The van der Waals surface area contributed by atoms with Crippen molar-refractivity contribution >= 4 is 5.91 Å². The van der Waals surface area contributed by atoms with Gasteiger partial charge in [0.25, 0.3) is 0 Å². The first-order valence-corrected chi connectivity index (χ1v) is 7.12. The normalized spacial score (nSPS) is 19.2. The lowest BCUT2D eigenvalue weighted by atomic mass is 10.1. The number of amides is 1. The Hall–Kier alpha value is -2.04. The van der Waals surface area contributed by atoms with Gasteiger partial charge in [-0.1, -0.05) is 0 Å². The maximum absolute atomic E-state index is 12.3. The van der Waals surface area contributed by atoms with Gasteiger partial charge < -0.3 is 9.32 Å².